The molecule has 5 aromatic carbocycles. The number of rotatable bonds is 4. The molecule has 0 N–H and O–H groups in total. The minimum atomic E-state index is 0.819. The van der Waals surface area contributed by atoms with Gasteiger partial charge in [-0.25, -0.2) is 0 Å². The molecule has 0 fully saturated rings. The van der Waals surface area contributed by atoms with E-state index in [0.29, 0.717) is 0 Å². The van der Waals surface area contributed by atoms with E-state index in [9.17, 15) is 0 Å². The third kappa shape index (κ3) is 3.61. The van der Waals surface area contributed by atoms with Gasteiger partial charge in [0.2, 0.25) is 0 Å². The second-order valence-corrected chi connectivity index (χ2v) is 9.81. The van der Waals surface area contributed by atoms with Gasteiger partial charge in [0, 0.05) is 33.3 Å². The molecule has 0 bridgehead atoms. The molecule has 2 aromatic heterocycles. The lowest BCUT2D eigenvalue weighted by Gasteiger charge is -2.13. The number of benzene rings is 5. The van der Waals surface area contributed by atoms with Crippen molar-refractivity contribution in [3.8, 4) is 34.2 Å². The number of nitrogens with zero attached hydrogens (tertiary/aromatic N) is 4. The standard InChI is InChI=1S/C34H26N4/c1-23-20-24(2)22-26(21-23)34-36-35-33(38(34)27-10-4-3-5-11-27)25-16-18-28(19-17-25)37-31-14-8-6-12-29(31)30-13-7-9-15-32(30)37/h3-22H,1-2H3. The van der Waals surface area contributed by atoms with E-state index in [-0.39, 0.29) is 0 Å². The highest BCUT2D eigenvalue weighted by atomic mass is 15.3. The molecule has 0 saturated carbocycles. The highest BCUT2D eigenvalue weighted by Crippen LogP contribution is 2.34. The number of aromatic nitrogens is 4. The molecule has 0 aliphatic heterocycles. The highest BCUT2D eigenvalue weighted by Gasteiger charge is 2.18. The third-order valence-corrected chi connectivity index (χ3v) is 7.12. The molecule has 4 nitrogen and oxygen atoms in total. The van der Waals surface area contributed by atoms with Crippen molar-refractivity contribution in [1.29, 1.82) is 0 Å². The molecule has 2 heterocycles. The number of hydrogen-bond acceptors (Lipinski definition) is 2. The number of fused-ring (bicyclic) bond motifs is 3. The summed E-state index contributed by atoms with van der Waals surface area (Å²) in [5.74, 6) is 1.66. The summed E-state index contributed by atoms with van der Waals surface area (Å²) >= 11 is 0. The van der Waals surface area contributed by atoms with Crippen LogP contribution in [0.4, 0.5) is 0 Å². The number of para-hydroxylation sites is 3. The minimum absolute atomic E-state index is 0.819. The second kappa shape index (κ2) is 8.86. The Morgan fingerprint density at radius 3 is 1.55 bits per heavy atom. The highest BCUT2D eigenvalue weighted by molar-refractivity contribution is 6.09. The van der Waals surface area contributed by atoms with E-state index in [4.69, 9.17) is 5.10 Å². The molecule has 0 atom stereocenters. The summed E-state index contributed by atoms with van der Waals surface area (Å²) in [6.07, 6.45) is 0. The summed E-state index contributed by atoms with van der Waals surface area (Å²) in [5, 5.41) is 11.9. The van der Waals surface area contributed by atoms with Crippen molar-refractivity contribution < 1.29 is 0 Å². The summed E-state index contributed by atoms with van der Waals surface area (Å²) in [5.41, 5.74) is 9.05. The summed E-state index contributed by atoms with van der Waals surface area (Å²) in [7, 11) is 0. The molecule has 0 radical (unpaired) electrons. The van der Waals surface area contributed by atoms with Gasteiger partial charge in [-0.1, -0.05) is 71.8 Å². The van der Waals surface area contributed by atoms with Crippen molar-refractivity contribution >= 4 is 21.8 Å². The van der Waals surface area contributed by atoms with Gasteiger partial charge in [-0.3, -0.25) is 4.57 Å². The number of hydrogen-bond donors (Lipinski definition) is 0. The first-order valence-corrected chi connectivity index (χ1v) is 12.9. The molecule has 0 amide bonds. The van der Waals surface area contributed by atoms with Gasteiger partial charge in [-0.2, -0.15) is 0 Å². The molecule has 0 aliphatic rings. The molecule has 0 unspecified atom stereocenters. The van der Waals surface area contributed by atoms with Crippen LogP contribution in [0.2, 0.25) is 0 Å². The Kier molecular flexibility index (Phi) is 5.19. The van der Waals surface area contributed by atoms with Crippen molar-refractivity contribution in [2.75, 3.05) is 0 Å². The number of aryl methyl sites for hydroxylation is 2. The van der Waals surface area contributed by atoms with E-state index in [1.807, 2.05) is 6.07 Å². The van der Waals surface area contributed by atoms with Crippen molar-refractivity contribution in [2.45, 2.75) is 13.8 Å². The first kappa shape index (κ1) is 22.3. The van der Waals surface area contributed by atoms with E-state index in [1.165, 1.54) is 32.9 Å². The molecule has 0 spiro atoms. The largest absolute Gasteiger partial charge is 0.309 e. The Hall–Kier alpha value is -4.96. The first-order chi connectivity index (χ1) is 18.7. The maximum absolute atomic E-state index is 4.70. The van der Waals surface area contributed by atoms with Crippen molar-refractivity contribution in [1.82, 2.24) is 19.3 Å². The second-order valence-electron chi connectivity index (χ2n) is 9.81. The molecule has 0 saturated heterocycles. The van der Waals surface area contributed by atoms with Crippen molar-refractivity contribution in [3.05, 3.63) is 132 Å². The molecular formula is C34H26N4. The van der Waals surface area contributed by atoms with Crippen LogP contribution in [0, 0.1) is 13.8 Å². The van der Waals surface area contributed by atoms with Crippen LogP contribution in [0.5, 0.6) is 0 Å². The normalized spacial score (nSPS) is 11.4. The van der Waals surface area contributed by atoms with Gasteiger partial charge in [-0.05, 0) is 74.5 Å². The van der Waals surface area contributed by atoms with Crippen LogP contribution >= 0.6 is 0 Å². The Labute approximate surface area is 221 Å². The Balaban J connectivity index is 1.39. The smallest absolute Gasteiger partial charge is 0.168 e. The lowest BCUT2D eigenvalue weighted by Crippen LogP contribution is -2.01. The molecule has 7 rings (SSSR count). The predicted octanol–water partition coefficient (Wildman–Crippen LogP) is 8.32. The predicted molar refractivity (Wildman–Crippen MR) is 156 cm³/mol. The quantitative estimate of drug-likeness (QED) is 0.249. The topological polar surface area (TPSA) is 35.6 Å². The zero-order valence-electron chi connectivity index (χ0n) is 21.3. The van der Waals surface area contributed by atoms with Crippen LogP contribution in [-0.2, 0) is 0 Å². The maximum atomic E-state index is 4.70. The van der Waals surface area contributed by atoms with E-state index in [0.717, 1.165) is 34.2 Å². The van der Waals surface area contributed by atoms with E-state index >= 15 is 0 Å². The third-order valence-electron chi connectivity index (χ3n) is 7.12. The summed E-state index contributed by atoms with van der Waals surface area (Å²) in [6.45, 7) is 4.24. The van der Waals surface area contributed by atoms with E-state index in [1.54, 1.807) is 0 Å². The fourth-order valence-corrected chi connectivity index (χ4v) is 5.54. The Morgan fingerprint density at radius 2 is 0.947 bits per heavy atom. The fraction of sp³-hybridized carbons (Fsp3) is 0.0588. The van der Waals surface area contributed by atoms with Crippen LogP contribution < -0.4 is 0 Å². The van der Waals surface area contributed by atoms with E-state index in [2.05, 4.69) is 143 Å². The summed E-state index contributed by atoms with van der Waals surface area (Å²) in [4.78, 5) is 0. The lowest BCUT2D eigenvalue weighted by atomic mass is 10.1. The van der Waals surface area contributed by atoms with Crippen LogP contribution in [-0.4, -0.2) is 19.3 Å². The van der Waals surface area contributed by atoms with Gasteiger partial charge in [0.15, 0.2) is 11.6 Å². The molecule has 7 aromatic rings. The molecular weight excluding hydrogens is 464 g/mol. The van der Waals surface area contributed by atoms with E-state index < -0.39 is 0 Å². The molecule has 4 heteroatoms. The average Bonchev–Trinajstić information content (AvgIpc) is 3.53. The van der Waals surface area contributed by atoms with Crippen LogP contribution in [0.25, 0.3) is 56.0 Å². The van der Waals surface area contributed by atoms with Crippen LogP contribution in [0.15, 0.2) is 121 Å². The van der Waals surface area contributed by atoms with Gasteiger partial charge in [0.1, 0.15) is 0 Å². The fourth-order valence-electron chi connectivity index (χ4n) is 5.54. The summed E-state index contributed by atoms with van der Waals surface area (Å²) in [6, 6.07) is 42.7. The van der Waals surface area contributed by atoms with Gasteiger partial charge >= 0.3 is 0 Å². The SMILES string of the molecule is Cc1cc(C)cc(-c2nnc(-c3ccc(-n4c5ccccc5c5ccccc54)cc3)n2-c2ccccc2)c1. The van der Waals surface area contributed by atoms with Gasteiger partial charge in [-0.15, -0.1) is 10.2 Å². The van der Waals surface area contributed by atoms with Crippen LogP contribution in [0.1, 0.15) is 11.1 Å². The average molecular weight is 491 g/mol. The first-order valence-electron chi connectivity index (χ1n) is 12.9. The van der Waals surface area contributed by atoms with Crippen molar-refractivity contribution in [3.63, 3.8) is 0 Å². The van der Waals surface area contributed by atoms with Gasteiger partial charge in [0.05, 0.1) is 11.0 Å². The maximum Gasteiger partial charge on any atom is 0.168 e. The molecule has 182 valence electrons. The minimum Gasteiger partial charge on any atom is -0.309 e. The molecule has 38 heavy (non-hydrogen) atoms. The summed E-state index contributed by atoms with van der Waals surface area (Å²) < 4.78 is 4.49. The Bertz CT molecular complexity index is 1850. The van der Waals surface area contributed by atoms with Gasteiger partial charge < -0.3 is 4.57 Å². The Morgan fingerprint density at radius 1 is 0.447 bits per heavy atom. The van der Waals surface area contributed by atoms with Crippen molar-refractivity contribution in [2.24, 2.45) is 0 Å². The zero-order chi connectivity index (χ0) is 25.6. The monoisotopic (exact) mass is 490 g/mol. The zero-order valence-corrected chi connectivity index (χ0v) is 21.3. The lowest BCUT2D eigenvalue weighted by molar-refractivity contribution is 1.07. The molecule has 0 aliphatic carbocycles. The van der Waals surface area contributed by atoms with Crippen LogP contribution in [0.3, 0.4) is 0 Å². The van der Waals surface area contributed by atoms with Gasteiger partial charge in [0.25, 0.3) is 0 Å².